The summed E-state index contributed by atoms with van der Waals surface area (Å²) < 4.78 is 11.0. The summed E-state index contributed by atoms with van der Waals surface area (Å²) in [6.45, 7) is 6.16. The van der Waals surface area contributed by atoms with Crippen LogP contribution in [0.5, 0.6) is 5.75 Å². The Bertz CT molecular complexity index is 636. The van der Waals surface area contributed by atoms with E-state index in [0.717, 1.165) is 30.4 Å². The number of benzene rings is 1. The molecular weight excluding hydrogens is 288 g/mol. The van der Waals surface area contributed by atoms with Gasteiger partial charge in [-0.1, -0.05) is 32.4 Å². The van der Waals surface area contributed by atoms with Crippen LogP contribution in [0.15, 0.2) is 34.9 Å². The Labute approximate surface area is 138 Å². The van der Waals surface area contributed by atoms with Crippen molar-refractivity contribution < 1.29 is 9.15 Å². The van der Waals surface area contributed by atoms with Crippen molar-refractivity contribution in [1.29, 1.82) is 0 Å². The molecule has 1 unspecified atom stereocenters. The van der Waals surface area contributed by atoms with E-state index in [2.05, 4.69) is 41.9 Å². The third-order valence-electron chi connectivity index (χ3n) is 4.52. The molecule has 1 aromatic carbocycles. The lowest BCUT2D eigenvalue weighted by atomic mass is 9.95. The molecule has 0 aliphatic carbocycles. The van der Waals surface area contributed by atoms with Crippen molar-refractivity contribution >= 4 is 0 Å². The summed E-state index contributed by atoms with van der Waals surface area (Å²) in [7, 11) is 1.72. The largest absolute Gasteiger partial charge is 0.497 e. The summed E-state index contributed by atoms with van der Waals surface area (Å²) in [5.41, 5.74) is 2.36. The summed E-state index contributed by atoms with van der Waals surface area (Å²) in [6.07, 6.45) is 5.51. The smallest absolute Gasteiger partial charge is 0.196 e. The topological polar surface area (TPSA) is 38.5 Å². The van der Waals surface area contributed by atoms with Crippen LogP contribution in [0.3, 0.4) is 0 Å². The van der Waals surface area contributed by atoms with Crippen molar-refractivity contribution in [2.24, 2.45) is 0 Å². The fraction of sp³-hybridized carbons (Fsp3) is 0.526. The van der Waals surface area contributed by atoms with Crippen molar-refractivity contribution in [3.05, 3.63) is 47.7 Å². The van der Waals surface area contributed by atoms with Gasteiger partial charge in [-0.2, -0.15) is 0 Å². The zero-order valence-corrected chi connectivity index (χ0v) is 14.3. The van der Waals surface area contributed by atoms with Gasteiger partial charge in [0.1, 0.15) is 12.0 Å². The maximum absolute atomic E-state index is 5.59. The van der Waals surface area contributed by atoms with E-state index >= 15 is 0 Å². The molecule has 1 aromatic heterocycles. The molecule has 0 bridgehead atoms. The van der Waals surface area contributed by atoms with Crippen LogP contribution in [-0.4, -0.2) is 23.5 Å². The maximum Gasteiger partial charge on any atom is 0.196 e. The normalized spacial score (nSPS) is 19.2. The molecule has 2 heterocycles. The predicted molar refractivity (Wildman–Crippen MR) is 90.6 cm³/mol. The van der Waals surface area contributed by atoms with Crippen molar-refractivity contribution in [2.75, 3.05) is 13.7 Å². The molecule has 4 nitrogen and oxygen atoms in total. The fourth-order valence-electron chi connectivity index (χ4n) is 3.28. The molecule has 1 atom stereocenters. The summed E-state index contributed by atoms with van der Waals surface area (Å²) >= 11 is 0. The molecule has 0 radical (unpaired) electrons. The number of piperidine rings is 1. The highest BCUT2D eigenvalue weighted by Gasteiger charge is 2.25. The van der Waals surface area contributed by atoms with Crippen LogP contribution in [0.4, 0.5) is 0 Å². The third kappa shape index (κ3) is 3.75. The number of methoxy groups -OCH3 is 1. The van der Waals surface area contributed by atoms with Crippen molar-refractivity contribution in [3.8, 4) is 5.75 Å². The van der Waals surface area contributed by atoms with Gasteiger partial charge >= 0.3 is 0 Å². The number of hydrogen-bond donors (Lipinski definition) is 0. The fourth-order valence-corrected chi connectivity index (χ4v) is 3.28. The Hall–Kier alpha value is -1.81. The molecule has 4 heteroatoms. The molecular formula is C19H26N2O2. The van der Waals surface area contributed by atoms with E-state index in [4.69, 9.17) is 9.15 Å². The zero-order valence-electron chi connectivity index (χ0n) is 14.3. The summed E-state index contributed by atoms with van der Waals surface area (Å²) in [5.74, 6) is 2.09. The minimum Gasteiger partial charge on any atom is -0.497 e. The molecule has 0 amide bonds. The van der Waals surface area contributed by atoms with Gasteiger partial charge < -0.3 is 9.15 Å². The minimum absolute atomic E-state index is 0.333. The second-order valence-corrected chi connectivity index (χ2v) is 6.59. The molecule has 1 aliphatic heterocycles. The minimum atomic E-state index is 0.333. The first-order chi connectivity index (χ1) is 11.2. The first-order valence-corrected chi connectivity index (χ1v) is 8.49. The number of oxazole rings is 1. The van der Waals surface area contributed by atoms with Gasteiger partial charge in [-0.3, -0.25) is 4.90 Å². The Morgan fingerprint density at radius 1 is 1.35 bits per heavy atom. The Morgan fingerprint density at radius 2 is 2.22 bits per heavy atom. The van der Waals surface area contributed by atoms with E-state index in [9.17, 15) is 0 Å². The first-order valence-electron chi connectivity index (χ1n) is 8.49. The number of ether oxygens (including phenoxy) is 1. The van der Waals surface area contributed by atoms with Crippen molar-refractivity contribution in [3.63, 3.8) is 0 Å². The third-order valence-corrected chi connectivity index (χ3v) is 4.52. The summed E-state index contributed by atoms with van der Waals surface area (Å²) in [4.78, 5) is 7.15. The van der Waals surface area contributed by atoms with Gasteiger partial charge in [-0.25, -0.2) is 4.98 Å². The Kier molecular flexibility index (Phi) is 5.01. The van der Waals surface area contributed by atoms with Gasteiger partial charge in [-0.05, 0) is 37.1 Å². The van der Waals surface area contributed by atoms with Crippen molar-refractivity contribution in [1.82, 2.24) is 9.88 Å². The molecule has 0 N–H and O–H groups in total. The monoisotopic (exact) mass is 314 g/mol. The highest BCUT2D eigenvalue weighted by Crippen LogP contribution is 2.33. The van der Waals surface area contributed by atoms with E-state index in [-0.39, 0.29) is 0 Å². The van der Waals surface area contributed by atoms with E-state index in [1.54, 1.807) is 7.11 Å². The standard InChI is InChI=1S/C19H26N2O2/c1-14(2)19-20-16(13-23-19)12-21-10-5-4-9-18(21)15-7-6-8-17(11-15)22-3/h6-8,11,13-14,18H,4-5,9-10,12H2,1-3H3. The SMILES string of the molecule is COc1cccc(C2CCCCN2Cc2coc(C(C)C)n2)c1. The molecule has 1 aliphatic rings. The van der Waals surface area contributed by atoms with Gasteiger partial charge in [0.05, 0.1) is 12.8 Å². The van der Waals surface area contributed by atoms with Gasteiger partial charge in [0.2, 0.25) is 0 Å². The molecule has 124 valence electrons. The quantitative estimate of drug-likeness (QED) is 0.812. The predicted octanol–water partition coefficient (Wildman–Crippen LogP) is 4.53. The maximum atomic E-state index is 5.59. The lowest BCUT2D eigenvalue weighted by molar-refractivity contribution is 0.138. The van der Waals surface area contributed by atoms with Gasteiger partial charge in [0, 0.05) is 18.5 Å². The molecule has 0 spiro atoms. The van der Waals surface area contributed by atoms with Crippen LogP contribution in [0.2, 0.25) is 0 Å². The molecule has 2 aromatic rings. The zero-order chi connectivity index (χ0) is 16.2. The average Bonchev–Trinajstić information content (AvgIpc) is 3.04. The van der Waals surface area contributed by atoms with Gasteiger partial charge in [0.15, 0.2) is 5.89 Å². The second kappa shape index (κ2) is 7.18. The lowest BCUT2D eigenvalue weighted by Gasteiger charge is -2.35. The average molecular weight is 314 g/mol. The van der Waals surface area contributed by atoms with Crippen molar-refractivity contribution in [2.45, 2.75) is 51.6 Å². The van der Waals surface area contributed by atoms with Crippen LogP contribution in [-0.2, 0) is 6.54 Å². The van der Waals surface area contributed by atoms with Crippen LogP contribution in [0, 0.1) is 0 Å². The van der Waals surface area contributed by atoms with Crippen LogP contribution in [0.25, 0.3) is 0 Å². The molecule has 3 rings (SSSR count). The van der Waals surface area contributed by atoms with Crippen LogP contribution >= 0.6 is 0 Å². The van der Waals surface area contributed by atoms with E-state index < -0.39 is 0 Å². The van der Waals surface area contributed by atoms with Gasteiger partial charge in [0.25, 0.3) is 0 Å². The summed E-state index contributed by atoms with van der Waals surface area (Å²) in [5, 5.41) is 0. The molecule has 1 saturated heterocycles. The van der Waals surface area contributed by atoms with E-state index in [1.165, 1.54) is 24.8 Å². The van der Waals surface area contributed by atoms with E-state index in [1.807, 2.05) is 12.3 Å². The summed E-state index contributed by atoms with van der Waals surface area (Å²) in [6, 6.07) is 8.87. The van der Waals surface area contributed by atoms with E-state index in [0.29, 0.717) is 12.0 Å². The molecule has 0 saturated carbocycles. The Morgan fingerprint density at radius 3 is 2.96 bits per heavy atom. The number of aromatic nitrogens is 1. The van der Waals surface area contributed by atoms with Crippen LogP contribution < -0.4 is 4.74 Å². The molecule has 23 heavy (non-hydrogen) atoms. The number of rotatable bonds is 5. The second-order valence-electron chi connectivity index (χ2n) is 6.59. The van der Waals surface area contributed by atoms with Gasteiger partial charge in [-0.15, -0.1) is 0 Å². The lowest BCUT2D eigenvalue weighted by Crippen LogP contribution is -2.33. The van der Waals surface area contributed by atoms with Crippen LogP contribution in [0.1, 0.15) is 62.2 Å². The Balaban J connectivity index is 1.77. The highest BCUT2D eigenvalue weighted by molar-refractivity contribution is 5.30. The number of hydrogen-bond acceptors (Lipinski definition) is 4. The molecule has 1 fully saturated rings. The highest BCUT2D eigenvalue weighted by atomic mass is 16.5. The number of nitrogens with zero attached hydrogens (tertiary/aromatic N) is 2. The number of likely N-dealkylation sites (tertiary alicyclic amines) is 1. The first kappa shape index (κ1) is 16.1.